The highest BCUT2D eigenvalue weighted by Crippen LogP contribution is 2.36. The van der Waals surface area contributed by atoms with Crippen LogP contribution in [0.1, 0.15) is 12.5 Å². The number of halogens is 1. The van der Waals surface area contributed by atoms with E-state index in [1.54, 1.807) is 25.3 Å². The van der Waals surface area contributed by atoms with Crippen LogP contribution in [-0.2, 0) is 6.42 Å². The number of aromatic nitrogens is 1. The van der Waals surface area contributed by atoms with Crippen molar-refractivity contribution < 1.29 is 9.26 Å². The second-order valence-corrected chi connectivity index (χ2v) is 4.01. The molecule has 0 saturated carbocycles. The zero-order valence-corrected chi connectivity index (χ0v) is 10.4. The van der Waals surface area contributed by atoms with Gasteiger partial charge in [0, 0.05) is 10.6 Å². The smallest absolute Gasteiger partial charge is 0.176 e. The summed E-state index contributed by atoms with van der Waals surface area (Å²) in [5, 5.41) is 4.38. The van der Waals surface area contributed by atoms with Crippen molar-refractivity contribution in [3.05, 3.63) is 28.8 Å². The van der Waals surface area contributed by atoms with E-state index in [1.807, 2.05) is 6.92 Å². The molecule has 0 aliphatic rings. The molecule has 0 aliphatic heterocycles. The van der Waals surface area contributed by atoms with Gasteiger partial charge in [0.05, 0.1) is 12.7 Å². The van der Waals surface area contributed by atoms with Crippen molar-refractivity contribution in [1.82, 2.24) is 5.16 Å². The van der Waals surface area contributed by atoms with E-state index in [2.05, 4.69) is 5.16 Å². The SMILES string of the molecule is CCc1c(N)noc1-c1cc(Cl)ccc1OC. The van der Waals surface area contributed by atoms with Crippen molar-refractivity contribution in [3.8, 4) is 17.1 Å². The fraction of sp³-hybridized carbons (Fsp3) is 0.250. The van der Waals surface area contributed by atoms with Gasteiger partial charge in [-0.25, -0.2) is 0 Å². The maximum absolute atomic E-state index is 5.98. The van der Waals surface area contributed by atoms with E-state index in [4.69, 9.17) is 26.6 Å². The van der Waals surface area contributed by atoms with Crippen LogP contribution in [0.25, 0.3) is 11.3 Å². The van der Waals surface area contributed by atoms with E-state index in [-0.39, 0.29) is 0 Å². The molecule has 2 rings (SSSR count). The zero-order chi connectivity index (χ0) is 12.4. The summed E-state index contributed by atoms with van der Waals surface area (Å²) in [7, 11) is 1.60. The Balaban J connectivity index is 2.62. The van der Waals surface area contributed by atoms with Crippen LogP contribution in [0.3, 0.4) is 0 Å². The summed E-state index contributed by atoms with van der Waals surface area (Å²) in [5.74, 6) is 1.70. The molecule has 0 bridgehead atoms. The third kappa shape index (κ3) is 2.08. The molecule has 90 valence electrons. The van der Waals surface area contributed by atoms with Crippen molar-refractivity contribution in [3.63, 3.8) is 0 Å². The van der Waals surface area contributed by atoms with Crippen molar-refractivity contribution in [2.45, 2.75) is 13.3 Å². The van der Waals surface area contributed by atoms with E-state index in [0.717, 1.165) is 17.5 Å². The summed E-state index contributed by atoms with van der Waals surface area (Å²) in [6, 6.07) is 5.32. The lowest BCUT2D eigenvalue weighted by Crippen LogP contribution is -1.92. The maximum Gasteiger partial charge on any atom is 0.176 e. The van der Waals surface area contributed by atoms with E-state index in [9.17, 15) is 0 Å². The first-order chi connectivity index (χ1) is 8.17. The second-order valence-electron chi connectivity index (χ2n) is 3.57. The Morgan fingerprint density at radius 2 is 2.24 bits per heavy atom. The number of ether oxygens (including phenoxy) is 1. The van der Waals surface area contributed by atoms with Gasteiger partial charge in [0.1, 0.15) is 5.75 Å². The Morgan fingerprint density at radius 3 is 2.88 bits per heavy atom. The van der Waals surface area contributed by atoms with E-state index in [0.29, 0.717) is 22.4 Å². The van der Waals surface area contributed by atoms with Gasteiger partial charge in [0.15, 0.2) is 11.6 Å². The first kappa shape index (κ1) is 11.8. The van der Waals surface area contributed by atoms with Crippen LogP contribution in [0.4, 0.5) is 5.82 Å². The zero-order valence-electron chi connectivity index (χ0n) is 9.66. The molecular formula is C12H13ClN2O2. The molecule has 0 fully saturated rings. The molecule has 2 aromatic rings. The minimum absolute atomic E-state index is 0.407. The van der Waals surface area contributed by atoms with Crippen LogP contribution >= 0.6 is 11.6 Å². The molecule has 0 atom stereocenters. The summed E-state index contributed by atoms with van der Waals surface area (Å²) >= 11 is 5.98. The molecule has 0 unspecified atom stereocenters. The van der Waals surface area contributed by atoms with Gasteiger partial charge in [-0.3, -0.25) is 0 Å². The van der Waals surface area contributed by atoms with E-state index in [1.165, 1.54) is 0 Å². The molecule has 1 heterocycles. The standard InChI is InChI=1S/C12H13ClN2O2/c1-3-8-11(17-15-12(8)14)9-6-7(13)4-5-10(9)16-2/h4-6H,3H2,1-2H3,(H2,14,15). The van der Waals surface area contributed by atoms with Crippen LogP contribution in [0.5, 0.6) is 5.75 Å². The highest BCUT2D eigenvalue weighted by Gasteiger charge is 2.18. The molecule has 0 aliphatic carbocycles. The number of hydrogen-bond acceptors (Lipinski definition) is 4. The van der Waals surface area contributed by atoms with Gasteiger partial charge in [-0.05, 0) is 24.6 Å². The summed E-state index contributed by atoms with van der Waals surface area (Å²) < 4.78 is 10.5. The predicted molar refractivity (Wildman–Crippen MR) is 67.3 cm³/mol. The lowest BCUT2D eigenvalue weighted by atomic mass is 10.1. The number of anilines is 1. The Labute approximate surface area is 104 Å². The number of nitrogen functional groups attached to an aromatic ring is 1. The molecule has 0 amide bonds. The summed E-state index contributed by atoms with van der Waals surface area (Å²) in [6.45, 7) is 1.99. The molecule has 4 nitrogen and oxygen atoms in total. The summed E-state index contributed by atoms with van der Waals surface area (Å²) in [4.78, 5) is 0. The molecule has 1 aromatic heterocycles. The Kier molecular flexibility index (Phi) is 3.24. The number of rotatable bonds is 3. The largest absolute Gasteiger partial charge is 0.496 e. The van der Waals surface area contributed by atoms with Gasteiger partial charge in [-0.15, -0.1) is 0 Å². The fourth-order valence-electron chi connectivity index (χ4n) is 1.73. The molecule has 0 radical (unpaired) electrons. The van der Waals surface area contributed by atoms with Gasteiger partial charge in [0.2, 0.25) is 0 Å². The monoisotopic (exact) mass is 252 g/mol. The first-order valence-corrected chi connectivity index (χ1v) is 5.63. The molecule has 5 heteroatoms. The highest BCUT2D eigenvalue weighted by atomic mass is 35.5. The van der Waals surface area contributed by atoms with Crippen molar-refractivity contribution in [2.75, 3.05) is 12.8 Å². The topological polar surface area (TPSA) is 61.3 Å². The fourth-order valence-corrected chi connectivity index (χ4v) is 1.90. The minimum Gasteiger partial charge on any atom is -0.496 e. The number of methoxy groups -OCH3 is 1. The van der Waals surface area contributed by atoms with Gasteiger partial charge in [-0.2, -0.15) is 0 Å². The maximum atomic E-state index is 5.98. The van der Waals surface area contributed by atoms with E-state index >= 15 is 0 Å². The van der Waals surface area contributed by atoms with Crippen LogP contribution < -0.4 is 10.5 Å². The van der Waals surface area contributed by atoms with E-state index < -0.39 is 0 Å². The average Bonchev–Trinajstić information content (AvgIpc) is 2.70. The summed E-state index contributed by atoms with van der Waals surface area (Å²) in [5.41, 5.74) is 7.37. The molecular weight excluding hydrogens is 240 g/mol. The average molecular weight is 253 g/mol. The third-order valence-electron chi connectivity index (χ3n) is 2.58. The van der Waals surface area contributed by atoms with Crippen LogP contribution in [0, 0.1) is 0 Å². The lowest BCUT2D eigenvalue weighted by molar-refractivity contribution is 0.406. The lowest BCUT2D eigenvalue weighted by Gasteiger charge is -2.07. The van der Waals surface area contributed by atoms with Crippen LogP contribution in [-0.4, -0.2) is 12.3 Å². The first-order valence-electron chi connectivity index (χ1n) is 5.25. The van der Waals surface area contributed by atoms with Gasteiger partial charge in [-0.1, -0.05) is 23.7 Å². The highest BCUT2D eigenvalue weighted by molar-refractivity contribution is 6.31. The molecule has 0 spiro atoms. The number of hydrogen-bond donors (Lipinski definition) is 1. The predicted octanol–water partition coefficient (Wildman–Crippen LogP) is 3.15. The quantitative estimate of drug-likeness (QED) is 0.912. The number of nitrogens with two attached hydrogens (primary N) is 1. The van der Waals surface area contributed by atoms with Crippen molar-refractivity contribution >= 4 is 17.4 Å². The molecule has 2 N–H and O–H groups in total. The summed E-state index contributed by atoms with van der Waals surface area (Å²) in [6.07, 6.45) is 0.736. The van der Waals surface area contributed by atoms with Gasteiger partial charge >= 0.3 is 0 Å². The molecule has 0 saturated heterocycles. The van der Waals surface area contributed by atoms with Gasteiger partial charge in [0.25, 0.3) is 0 Å². The third-order valence-corrected chi connectivity index (χ3v) is 2.81. The number of benzene rings is 1. The number of nitrogens with zero attached hydrogens (tertiary/aromatic N) is 1. The Hall–Kier alpha value is -1.68. The van der Waals surface area contributed by atoms with Crippen LogP contribution in [0.2, 0.25) is 5.02 Å². The van der Waals surface area contributed by atoms with Crippen LogP contribution in [0.15, 0.2) is 22.7 Å². The van der Waals surface area contributed by atoms with Crippen molar-refractivity contribution in [1.29, 1.82) is 0 Å². The normalized spacial score (nSPS) is 10.5. The molecule has 17 heavy (non-hydrogen) atoms. The second kappa shape index (κ2) is 4.67. The molecule has 1 aromatic carbocycles. The Bertz CT molecular complexity index is 537. The minimum atomic E-state index is 0.407. The van der Waals surface area contributed by atoms with Crippen molar-refractivity contribution in [2.24, 2.45) is 0 Å². The van der Waals surface area contributed by atoms with Gasteiger partial charge < -0.3 is 15.0 Å². The Morgan fingerprint density at radius 1 is 1.47 bits per heavy atom.